The third-order valence-electron chi connectivity index (χ3n) is 8.29. The zero-order valence-electron chi connectivity index (χ0n) is 26.5. The van der Waals surface area contributed by atoms with Crippen LogP contribution in [0, 0.1) is 5.92 Å². The lowest BCUT2D eigenvalue weighted by Crippen LogP contribution is -2.54. The van der Waals surface area contributed by atoms with Gasteiger partial charge >= 0.3 is 12.1 Å². The molecule has 10 heteroatoms. The molecule has 2 aliphatic rings. The number of nitrogens with one attached hydrogen (secondary N) is 1. The number of carbonyl (C=O) groups excluding carboxylic acids is 2. The molecule has 1 aromatic rings. The molecule has 1 unspecified atom stereocenters. The fourth-order valence-corrected chi connectivity index (χ4v) is 8.45. The van der Waals surface area contributed by atoms with Crippen molar-refractivity contribution in [1.82, 2.24) is 10.2 Å². The highest BCUT2D eigenvalue weighted by Gasteiger charge is 2.59. The number of carboxylic acid groups (broad SMARTS) is 1. The molecule has 0 spiro atoms. The average molecular weight is 629 g/mol. The highest BCUT2D eigenvalue weighted by molar-refractivity contribution is 7.92. The molecular weight excluding hydrogens is 580 g/mol. The fraction of sp³-hybridized carbons (Fsp3) is 0.559. The monoisotopic (exact) mass is 628 g/mol. The highest BCUT2D eigenvalue weighted by Crippen LogP contribution is 2.45. The van der Waals surface area contributed by atoms with Gasteiger partial charge in [0.25, 0.3) is 0 Å². The molecule has 1 saturated heterocycles. The van der Waals surface area contributed by atoms with Crippen molar-refractivity contribution in [2.45, 2.75) is 101 Å². The van der Waals surface area contributed by atoms with E-state index in [-0.39, 0.29) is 25.1 Å². The second kappa shape index (κ2) is 15.1. The molecular formula is C34H48N2O7S. The summed E-state index contributed by atoms with van der Waals surface area (Å²) >= 11 is 0. The summed E-state index contributed by atoms with van der Waals surface area (Å²) in [6, 6.07) is 7.33. The zero-order valence-corrected chi connectivity index (χ0v) is 27.3. The number of hydrogen-bond donors (Lipinski definition) is 2. The third-order valence-corrected chi connectivity index (χ3v) is 11.1. The maximum atomic E-state index is 14.1. The summed E-state index contributed by atoms with van der Waals surface area (Å²) in [5, 5.41) is 13.0. The molecule has 2 N–H and O–H groups in total. The molecule has 1 fully saturated rings. The SMILES string of the molecule is C=CCCCCC[C@H](NC(=O)OC(C)(C)C)C(=O)N1C[C@@](C2C=CC(c3ccccc3)=CC2)(S(=O)(=O)CCC)C[C@H]1C(=O)O. The topological polar surface area (TPSA) is 130 Å². The van der Waals surface area contributed by atoms with E-state index in [9.17, 15) is 27.9 Å². The lowest BCUT2D eigenvalue weighted by atomic mass is 9.82. The van der Waals surface area contributed by atoms with E-state index >= 15 is 0 Å². The Morgan fingerprint density at radius 2 is 1.89 bits per heavy atom. The molecule has 1 heterocycles. The van der Waals surface area contributed by atoms with Crippen LogP contribution < -0.4 is 5.32 Å². The van der Waals surface area contributed by atoms with Crippen LogP contribution in [0.15, 0.2) is 61.2 Å². The van der Waals surface area contributed by atoms with Gasteiger partial charge in [0.05, 0.1) is 10.5 Å². The van der Waals surface area contributed by atoms with Crippen LogP contribution in [0.1, 0.15) is 84.6 Å². The Hall–Kier alpha value is -3.40. The lowest BCUT2D eigenvalue weighted by Gasteiger charge is -2.36. The van der Waals surface area contributed by atoms with E-state index in [1.807, 2.05) is 54.6 Å². The number of nitrogens with zero attached hydrogens (tertiary/aromatic N) is 1. The Morgan fingerprint density at radius 1 is 1.18 bits per heavy atom. The number of rotatable bonds is 14. The second-order valence-corrected chi connectivity index (χ2v) is 15.2. The maximum Gasteiger partial charge on any atom is 0.408 e. The van der Waals surface area contributed by atoms with Crippen molar-refractivity contribution in [3.63, 3.8) is 0 Å². The quantitative estimate of drug-likeness (QED) is 0.193. The molecule has 9 nitrogen and oxygen atoms in total. The molecule has 1 aliphatic heterocycles. The van der Waals surface area contributed by atoms with Gasteiger partial charge in [-0.1, -0.05) is 74.4 Å². The number of likely N-dealkylation sites (tertiary alicyclic amines) is 1. The van der Waals surface area contributed by atoms with Crippen molar-refractivity contribution in [2.24, 2.45) is 5.92 Å². The van der Waals surface area contributed by atoms with E-state index < -0.39 is 56.2 Å². The Morgan fingerprint density at radius 3 is 2.45 bits per heavy atom. The van der Waals surface area contributed by atoms with Crippen LogP contribution in [-0.4, -0.2) is 71.1 Å². The van der Waals surface area contributed by atoms with E-state index in [0.29, 0.717) is 19.3 Å². The van der Waals surface area contributed by atoms with E-state index in [4.69, 9.17) is 4.74 Å². The minimum atomic E-state index is -3.85. The Labute approximate surface area is 262 Å². The van der Waals surface area contributed by atoms with Gasteiger partial charge in [0.15, 0.2) is 9.84 Å². The number of benzene rings is 1. The number of amides is 2. The zero-order chi connectivity index (χ0) is 32.5. The molecule has 44 heavy (non-hydrogen) atoms. The van der Waals surface area contributed by atoms with Gasteiger partial charge < -0.3 is 20.1 Å². The summed E-state index contributed by atoms with van der Waals surface area (Å²) < 4.78 is 32.0. The Bertz CT molecular complexity index is 1350. The number of sulfone groups is 1. The van der Waals surface area contributed by atoms with E-state index in [1.54, 1.807) is 27.7 Å². The van der Waals surface area contributed by atoms with Crippen LogP contribution >= 0.6 is 0 Å². The van der Waals surface area contributed by atoms with E-state index in [0.717, 1.165) is 30.4 Å². The second-order valence-electron chi connectivity index (χ2n) is 12.8. The third kappa shape index (κ3) is 8.61. The standard InChI is InChI=1S/C34H48N2O7S/c1-6-8-9-10-14-17-28(35-32(40)43-33(3,4)5)30(37)36-24-34(23-29(36)31(38)39,44(41,42)22-7-2)27-20-18-26(19-21-27)25-15-12-11-13-16-25/h6,11-13,15-16,18-20,27-29H,1,7-10,14,17,21-24H2,2-5H3,(H,35,40)(H,38,39)/t27?,28-,29-,34-/m0/s1. The van der Waals surface area contributed by atoms with Crippen LogP contribution in [0.4, 0.5) is 4.79 Å². The minimum absolute atomic E-state index is 0.121. The van der Waals surface area contributed by atoms with E-state index in [2.05, 4.69) is 11.9 Å². The van der Waals surface area contributed by atoms with Crippen LogP contribution in [-0.2, 0) is 24.2 Å². The van der Waals surface area contributed by atoms with Gasteiger partial charge in [-0.15, -0.1) is 6.58 Å². The van der Waals surface area contributed by atoms with Gasteiger partial charge in [-0.2, -0.15) is 0 Å². The summed E-state index contributed by atoms with van der Waals surface area (Å²) in [5.41, 5.74) is 1.16. The molecule has 0 saturated carbocycles. The molecule has 0 radical (unpaired) electrons. The van der Waals surface area contributed by atoms with Gasteiger partial charge in [0.2, 0.25) is 5.91 Å². The predicted molar refractivity (Wildman–Crippen MR) is 173 cm³/mol. The first-order valence-corrected chi connectivity index (χ1v) is 17.2. The Balaban J connectivity index is 1.96. The number of carboxylic acids is 1. The van der Waals surface area contributed by atoms with Gasteiger partial charge in [0.1, 0.15) is 17.7 Å². The molecule has 3 rings (SSSR count). The first-order chi connectivity index (χ1) is 20.7. The van der Waals surface area contributed by atoms with Crippen molar-refractivity contribution in [3.05, 3.63) is 66.8 Å². The van der Waals surface area contributed by atoms with Crippen molar-refractivity contribution >= 4 is 33.4 Å². The van der Waals surface area contributed by atoms with Crippen molar-refractivity contribution in [1.29, 1.82) is 0 Å². The van der Waals surface area contributed by atoms with Crippen molar-refractivity contribution < 1.29 is 32.6 Å². The molecule has 0 aromatic heterocycles. The van der Waals surface area contributed by atoms with Crippen LogP contribution in [0.5, 0.6) is 0 Å². The van der Waals surface area contributed by atoms with Crippen LogP contribution in [0.25, 0.3) is 5.57 Å². The molecule has 4 atom stereocenters. The number of unbranched alkanes of at least 4 members (excludes halogenated alkanes) is 3. The van der Waals surface area contributed by atoms with Crippen molar-refractivity contribution in [3.8, 4) is 0 Å². The first kappa shape index (κ1) is 35.1. The Kier molecular flexibility index (Phi) is 12.0. The molecule has 1 aliphatic carbocycles. The summed E-state index contributed by atoms with van der Waals surface area (Å²) in [6.45, 7) is 10.4. The van der Waals surface area contributed by atoms with Crippen LogP contribution in [0.2, 0.25) is 0 Å². The fourth-order valence-electron chi connectivity index (χ4n) is 6.13. The van der Waals surface area contributed by atoms with E-state index in [1.165, 1.54) is 4.90 Å². The highest BCUT2D eigenvalue weighted by atomic mass is 32.2. The average Bonchev–Trinajstić information content (AvgIpc) is 3.39. The number of ether oxygens (including phenoxy) is 1. The lowest BCUT2D eigenvalue weighted by molar-refractivity contribution is -0.149. The maximum absolute atomic E-state index is 14.1. The molecule has 242 valence electrons. The van der Waals surface area contributed by atoms with Gasteiger partial charge in [-0.3, -0.25) is 4.79 Å². The molecule has 0 bridgehead atoms. The van der Waals surface area contributed by atoms with Gasteiger partial charge in [0, 0.05) is 18.9 Å². The number of allylic oxidation sites excluding steroid dienone is 5. The normalized spacial score (nSPS) is 22.6. The van der Waals surface area contributed by atoms with Gasteiger partial charge in [-0.25, -0.2) is 18.0 Å². The summed E-state index contributed by atoms with van der Waals surface area (Å²) in [4.78, 5) is 40.7. The van der Waals surface area contributed by atoms with Gasteiger partial charge in [-0.05, 0) is 64.0 Å². The smallest absolute Gasteiger partial charge is 0.408 e. The number of aliphatic carboxylic acids is 1. The molecule has 2 amide bonds. The number of hydrogen-bond acceptors (Lipinski definition) is 6. The van der Waals surface area contributed by atoms with Crippen molar-refractivity contribution in [2.75, 3.05) is 12.3 Å². The number of alkyl carbamates (subject to hydrolysis) is 1. The predicted octanol–water partition coefficient (Wildman–Crippen LogP) is 5.93. The largest absolute Gasteiger partial charge is 0.480 e. The first-order valence-electron chi connectivity index (χ1n) is 15.5. The summed E-state index contributed by atoms with van der Waals surface area (Å²) in [7, 11) is -3.85. The molecule has 1 aromatic carbocycles. The minimum Gasteiger partial charge on any atom is -0.480 e. The summed E-state index contributed by atoms with van der Waals surface area (Å²) in [6.07, 6.45) is 10.6. The number of carbonyl (C=O) groups is 3. The van der Waals surface area contributed by atoms with Crippen LogP contribution in [0.3, 0.4) is 0 Å². The summed E-state index contributed by atoms with van der Waals surface area (Å²) in [5.74, 6) is -2.53.